The Kier molecular flexibility index (Phi) is 7.29. The van der Waals surface area contributed by atoms with Gasteiger partial charge in [0.05, 0.1) is 15.4 Å². The van der Waals surface area contributed by atoms with Gasteiger partial charge in [-0.25, -0.2) is 4.79 Å². The van der Waals surface area contributed by atoms with Crippen molar-refractivity contribution in [3.05, 3.63) is 40.2 Å². The van der Waals surface area contributed by atoms with Gasteiger partial charge in [0.1, 0.15) is 6.33 Å². The lowest BCUT2D eigenvalue weighted by Gasteiger charge is -2.07. The number of aromatic nitrogens is 3. The number of amides is 1. The monoisotopic (exact) mass is 393 g/mol. The van der Waals surface area contributed by atoms with Crippen LogP contribution >= 0.6 is 11.8 Å². The van der Waals surface area contributed by atoms with Crippen molar-refractivity contribution >= 4 is 29.3 Å². The summed E-state index contributed by atoms with van der Waals surface area (Å²) in [5.41, 5.74) is -0.268. The van der Waals surface area contributed by atoms with Gasteiger partial charge in [-0.05, 0) is 30.3 Å². The van der Waals surface area contributed by atoms with Gasteiger partial charge in [0.25, 0.3) is 11.6 Å². The minimum atomic E-state index is -0.807. The van der Waals surface area contributed by atoms with Gasteiger partial charge in [-0.1, -0.05) is 13.3 Å². The molecule has 11 heteroatoms. The molecule has 1 N–H and O–H groups in total. The SMILES string of the molecule is CCCCNC(=O)COC(=O)c1ccc(Sc2nncn2C)c([N+](=O)[O-])c1. The Morgan fingerprint density at radius 2 is 2.19 bits per heavy atom. The number of benzene rings is 1. The van der Waals surface area contributed by atoms with E-state index in [0.29, 0.717) is 16.6 Å². The largest absolute Gasteiger partial charge is 0.452 e. The number of nitrogens with zero attached hydrogens (tertiary/aromatic N) is 4. The van der Waals surface area contributed by atoms with Crippen molar-refractivity contribution in [1.29, 1.82) is 0 Å². The van der Waals surface area contributed by atoms with Crippen molar-refractivity contribution in [1.82, 2.24) is 20.1 Å². The van der Waals surface area contributed by atoms with E-state index in [1.54, 1.807) is 11.6 Å². The normalized spacial score (nSPS) is 10.4. The molecule has 0 saturated heterocycles. The molecule has 1 aromatic heterocycles. The fourth-order valence-electron chi connectivity index (χ4n) is 2.01. The third-order valence-corrected chi connectivity index (χ3v) is 4.57. The summed E-state index contributed by atoms with van der Waals surface area (Å²) in [6.07, 6.45) is 3.24. The lowest BCUT2D eigenvalue weighted by molar-refractivity contribution is -0.387. The van der Waals surface area contributed by atoms with Crippen molar-refractivity contribution in [3.8, 4) is 0 Å². The Bertz CT molecular complexity index is 838. The number of ether oxygens (including phenoxy) is 1. The lowest BCUT2D eigenvalue weighted by atomic mass is 10.2. The number of hydrogen-bond donors (Lipinski definition) is 1. The van der Waals surface area contributed by atoms with E-state index in [1.165, 1.54) is 18.5 Å². The van der Waals surface area contributed by atoms with Crippen LogP contribution in [0.1, 0.15) is 30.1 Å². The van der Waals surface area contributed by atoms with Crippen LogP contribution in [-0.4, -0.2) is 44.7 Å². The van der Waals surface area contributed by atoms with Crippen LogP contribution in [0.4, 0.5) is 5.69 Å². The molecule has 2 aromatic rings. The summed E-state index contributed by atoms with van der Waals surface area (Å²) in [4.78, 5) is 34.7. The molecule has 10 nitrogen and oxygen atoms in total. The summed E-state index contributed by atoms with van der Waals surface area (Å²) in [7, 11) is 1.71. The summed E-state index contributed by atoms with van der Waals surface area (Å²) >= 11 is 1.06. The molecule has 0 atom stereocenters. The molecule has 0 aliphatic carbocycles. The second-order valence-electron chi connectivity index (χ2n) is 5.55. The Hall–Kier alpha value is -2.95. The van der Waals surface area contributed by atoms with Crippen molar-refractivity contribution in [2.24, 2.45) is 7.05 Å². The number of carbonyl (C=O) groups is 2. The molecule has 1 heterocycles. The predicted octanol–water partition coefficient (Wildman–Crippen LogP) is 1.95. The quantitative estimate of drug-likeness (QED) is 0.296. The zero-order valence-corrected chi connectivity index (χ0v) is 15.7. The number of nitro groups is 1. The minimum absolute atomic E-state index is 0.00891. The van der Waals surface area contributed by atoms with Crippen molar-refractivity contribution in [3.63, 3.8) is 0 Å². The molecule has 0 spiro atoms. The fraction of sp³-hybridized carbons (Fsp3) is 0.375. The average Bonchev–Trinajstić information content (AvgIpc) is 3.04. The molecule has 0 unspecified atom stereocenters. The first-order valence-electron chi connectivity index (χ1n) is 8.16. The van der Waals surface area contributed by atoms with E-state index >= 15 is 0 Å². The molecule has 0 aliphatic heterocycles. The zero-order chi connectivity index (χ0) is 19.8. The molecule has 1 amide bonds. The fourth-order valence-corrected chi connectivity index (χ4v) is 2.86. The predicted molar refractivity (Wildman–Crippen MR) is 96.4 cm³/mol. The summed E-state index contributed by atoms with van der Waals surface area (Å²) < 4.78 is 6.53. The lowest BCUT2D eigenvalue weighted by Crippen LogP contribution is -2.29. The van der Waals surface area contributed by atoms with E-state index in [9.17, 15) is 19.7 Å². The van der Waals surface area contributed by atoms with Gasteiger partial charge in [-0.15, -0.1) is 10.2 Å². The Morgan fingerprint density at radius 1 is 1.41 bits per heavy atom. The van der Waals surface area contributed by atoms with Gasteiger partial charge in [0.15, 0.2) is 11.8 Å². The molecule has 2 rings (SSSR count). The second-order valence-corrected chi connectivity index (χ2v) is 6.55. The molecular formula is C16H19N5O5S. The summed E-state index contributed by atoms with van der Waals surface area (Å²) in [5, 5.41) is 22.0. The van der Waals surface area contributed by atoms with Crippen molar-refractivity contribution in [2.45, 2.75) is 29.8 Å². The average molecular weight is 393 g/mol. The summed E-state index contributed by atoms with van der Waals surface area (Å²) in [5.74, 6) is -1.22. The molecule has 1 aromatic carbocycles. The molecule has 0 aliphatic rings. The number of esters is 1. The first kappa shape index (κ1) is 20.4. The molecule has 0 saturated carbocycles. The first-order chi connectivity index (χ1) is 12.9. The van der Waals surface area contributed by atoms with Crippen LogP contribution in [0.3, 0.4) is 0 Å². The van der Waals surface area contributed by atoms with Gasteiger partial charge < -0.3 is 14.6 Å². The van der Waals surface area contributed by atoms with E-state index < -0.39 is 23.4 Å². The smallest absolute Gasteiger partial charge is 0.338 e. The topological polar surface area (TPSA) is 129 Å². The van der Waals surface area contributed by atoms with E-state index in [4.69, 9.17) is 4.74 Å². The highest BCUT2D eigenvalue weighted by Crippen LogP contribution is 2.34. The molecule has 27 heavy (non-hydrogen) atoms. The first-order valence-corrected chi connectivity index (χ1v) is 8.98. The van der Waals surface area contributed by atoms with Gasteiger partial charge in [0, 0.05) is 19.7 Å². The number of hydrogen-bond acceptors (Lipinski definition) is 8. The summed E-state index contributed by atoms with van der Waals surface area (Å²) in [6, 6.07) is 3.97. The highest BCUT2D eigenvalue weighted by Gasteiger charge is 2.21. The van der Waals surface area contributed by atoms with Gasteiger partial charge in [0.2, 0.25) is 0 Å². The standard InChI is InChI=1S/C16H19N5O5S/c1-3-4-7-17-14(22)9-26-15(23)11-5-6-13(12(8-11)21(24)25)27-16-19-18-10-20(16)2/h5-6,8,10H,3-4,7,9H2,1-2H3,(H,17,22). The third-order valence-electron chi connectivity index (χ3n) is 3.45. The third kappa shape index (κ3) is 5.78. The maximum Gasteiger partial charge on any atom is 0.338 e. The molecule has 0 fully saturated rings. The number of nitrogens with one attached hydrogen (secondary N) is 1. The van der Waals surface area contributed by atoms with E-state index in [2.05, 4.69) is 15.5 Å². The van der Waals surface area contributed by atoms with Crippen LogP contribution in [-0.2, 0) is 16.6 Å². The van der Waals surface area contributed by atoms with Crippen LogP contribution in [0.15, 0.2) is 34.6 Å². The number of nitro benzene ring substituents is 1. The van der Waals surface area contributed by atoms with Crippen LogP contribution in [0.2, 0.25) is 0 Å². The zero-order valence-electron chi connectivity index (χ0n) is 14.9. The molecule has 144 valence electrons. The van der Waals surface area contributed by atoms with Crippen LogP contribution < -0.4 is 5.32 Å². The van der Waals surface area contributed by atoms with Crippen LogP contribution in [0.25, 0.3) is 0 Å². The number of aryl methyl sites for hydroxylation is 1. The number of carbonyl (C=O) groups excluding carboxylic acids is 2. The van der Waals surface area contributed by atoms with E-state index in [-0.39, 0.29) is 11.3 Å². The molecule has 0 radical (unpaired) electrons. The number of rotatable bonds is 9. The maximum atomic E-state index is 12.1. The highest BCUT2D eigenvalue weighted by molar-refractivity contribution is 7.99. The Labute approximate surface area is 159 Å². The van der Waals surface area contributed by atoms with E-state index in [0.717, 1.165) is 30.7 Å². The van der Waals surface area contributed by atoms with Gasteiger partial charge in [-0.3, -0.25) is 14.9 Å². The number of unbranched alkanes of at least 4 members (excludes halogenated alkanes) is 1. The molecule has 0 bridgehead atoms. The van der Waals surface area contributed by atoms with Crippen molar-refractivity contribution < 1.29 is 19.2 Å². The van der Waals surface area contributed by atoms with Crippen LogP contribution in [0.5, 0.6) is 0 Å². The van der Waals surface area contributed by atoms with Gasteiger partial charge >= 0.3 is 5.97 Å². The van der Waals surface area contributed by atoms with Gasteiger partial charge in [-0.2, -0.15) is 0 Å². The van der Waals surface area contributed by atoms with Crippen molar-refractivity contribution in [2.75, 3.05) is 13.2 Å². The minimum Gasteiger partial charge on any atom is -0.452 e. The Morgan fingerprint density at radius 3 is 2.81 bits per heavy atom. The maximum absolute atomic E-state index is 12.1. The Balaban J connectivity index is 2.06. The van der Waals surface area contributed by atoms with E-state index in [1.807, 2.05) is 6.92 Å². The molecular weight excluding hydrogens is 374 g/mol. The highest BCUT2D eigenvalue weighted by atomic mass is 32.2. The van der Waals surface area contributed by atoms with Crippen LogP contribution in [0, 0.1) is 10.1 Å². The summed E-state index contributed by atoms with van der Waals surface area (Å²) in [6.45, 7) is 2.06. The second kappa shape index (κ2) is 9.67.